The third-order valence-electron chi connectivity index (χ3n) is 3.19. The Morgan fingerprint density at radius 1 is 1.53 bits per heavy atom. The lowest BCUT2D eigenvalue weighted by Crippen LogP contribution is -2.38. The van der Waals surface area contributed by atoms with Crippen molar-refractivity contribution >= 4 is 11.7 Å². The van der Waals surface area contributed by atoms with Gasteiger partial charge in [0.05, 0.1) is 11.8 Å². The van der Waals surface area contributed by atoms with Gasteiger partial charge in [0, 0.05) is 13.1 Å². The van der Waals surface area contributed by atoms with Gasteiger partial charge in [-0.15, -0.1) is 0 Å². The van der Waals surface area contributed by atoms with Gasteiger partial charge in [0.2, 0.25) is 0 Å². The highest BCUT2D eigenvalue weighted by Crippen LogP contribution is 2.20. The number of carbonyl (C=O) groups excluding carboxylic acids is 1. The molecule has 17 heavy (non-hydrogen) atoms. The molecule has 0 spiro atoms. The fraction of sp³-hybridized carbons (Fsp3) is 0.500. The molecule has 5 heteroatoms. The standard InChI is InChI=1S/C12H16FN3O/c1-8-2-4-16(5-3-8)12(17)10-6-9(13)7-15-11(10)14/h6-8H,2-5H2,1H3,(H2,14,15). The maximum absolute atomic E-state index is 13.0. The quantitative estimate of drug-likeness (QED) is 0.808. The zero-order valence-corrected chi connectivity index (χ0v) is 9.82. The van der Waals surface area contributed by atoms with Crippen molar-refractivity contribution in [3.63, 3.8) is 0 Å². The third-order valence-corrected chi connectivity index (χ3v) is 3.19. The molecule has 1 saturated heterocycles. The highest BCUT2D eigenvalue weighted by molar-refractivity contribution is 5.98. The number of aromatic nitrogens is 1. The number of hydrogen-bond acceptors (Lipinski definition) is 3. The summed E-state index contributed by atoms with van der Waals surface area (Å²) >= 11 is 0. The molecule has 0 bridgehead atoms. The first-order valence-electron chi connectivity index (χ1n) is 5.78. The van der Waals surface area contributed by atoms with Crippen LogP contribution < -0.4 is 5.73 Å². The number of halogens is 1. The van der Waals surface area contributed by atoms with E-state index in [4.69, 9.17) is 5.73 Å². The van der Waals surface area contributed by atoms with Crippen molar-refractivity contribution in [1.29, 1.82) is 0 Å². The number of nitrogen functional groups attached to an aromatic ring is 1. The van der Waals surface area contributed by atoms with E-state index in [0.29, 0.717) is 19.0 Å². The van der Waals surface area contributed by atoms with E-state index in [-0.39, 0.29) is 17.3 Å². The summed E-state index contributed by atoms with van der Waals surface area (Å²) in [6.07, 6.45) is 2.98. The zero-order chi connectivity index (χ0) is 12.4. The molecular weight excluding hydrogens is 221 g/mol. The molecule has 1 fully saturated rings. The van der Waals surface area contributed by atoms with Crippen LogP contribution in [0.4, 0.5) is 10.2 Å². The largest absolute Gasteiger partial charge is 0.383 e. The summed E-state index contributed by atoms with van der Waals surface area (Å²) in [7, 11) is 0. The Morgan fingerprint density at radius 3 is 2.82 bits per heavy atom. The van der Waals surface area contributed by atoms with E-state index in [1.165, 1.54) is 0 Å². The second kappa shape index (κ2) is 4.69. The van der Waals surface area contributed by atoms with Crippen LogP contribution in [0, 0.1) is 11.7 Å². The van der Waals surface area contributed by atoms with Crippen LogP contribution in [0.15, 0.2) is 12.3 Å². The molecule has 1 amide bonds. The molecule has 92 valence electrons. The minimum Gasteiger partial charge on any atom is -0.383 e. The summed E-state index contributed by atoms with van der Waals surface area (Å²) in [5.41, 5.74) is 5.77. The van der Waals surface area contributed by atoms with Gasteiger partial charge >= 0.3 is 0 Å². The Balaban J connectivity index is 2.16. The molecule has 0 aliphatic carbocycles. The lowest BCUT2D eigenvalue weighted by molar-refractivity contribution is 0.0697. The van der Waals surface area contributed by atoms with Gasteiger partial charge < -0.3 is 10.6 Å². The summed E-state index contributed by atoms with van der Waals surface area (Å²) in [4.78, 5) is 17.5. The van der Waals surface area contributed by atoms with E-state index in [1.54, 1.807) is 4.90 Å². The Labute approximate surface area is 99.6 Å². The van der Waals surface area contributed by atoms with Gasteiger partial charge in [-0.25, -0.2) is 9.37 Å². The highest BCUT2D eigenvalue weighted by Gasteiger charge is 2.23. The van der Waals surface area contributed by atoms with Crippen LogP contribution in [-0.2, 0) is 0 Å². The summed E-state index contributed by atoms with van der Waals surface area (Å²) in [5, 5.41) is 0. The smallest absolute Gasteiger partial charge is 0.257 e. The molecule has 0 atom stereocenters. The van der Waals surface area contributed by atoms with Gasteiger partial charge in [-0.3, -0.25) is 4.79 Å². The predicted molar refractivity (Wildman–Crippen MR) is 62.9 cm³/mol. The number of hydrogen-bond donors (Lipinski definition) is 1. The zero-order valence-electron chi connectivity index (χ0n) is 9.82. The predicted octanol–water partition coefficient (Wildman–Crippen LogP) is 1.68. The molecule has 0 saturated carbocycles. The number of rotatable bonds is 1. The van der Waals surface area contributed by atoms with E-state index in [9.17, 15) is 9.18 Å². The number of nitrogens with two attached hydrogens (primary N) is 1. The average molecular weight is 237 g/mol. The number of nitrogens with zero attached hydrogens (tertiary/aromatic N) is 2. The number of piperidine rings is 1. The van der Waals surface area contributed by atoms with Crippen molar-refractivity contribution in [2.24, 2.45) is 5.92 Å². The van der Waals surface area contributed by atoms with Crippen LogP contribution in [0.3, 0.4) is 0 Å². The molecule has 1 aromatic rings. The maximum Gasteiger partial charge on any atom is 0.257 e. The van der Waals surface area contributed by atoms with Gasteiger partial charge in [-0.2, -0.15) is 0 Å². The number of anilines is 1. The van der Waals surface area contributed by atoms with E-state index in [2.05, 4.69) is 11.9 Å². The number of carbonyl (C=O) groups is 1. The Hall–Kier alpha value is -1.65. The van der Waals surface area contributed by atoms with Crippen LogP contribution in [0.25, 0.3) is 0 Å². The molecule has 0 unspecified atom stereocenters. The topological polar surface area (TPSA) is 59.2 Å². The van der Waals surface area contributed by atoms with Gasteiger partial charge in [0.25, 0.3) is 5.91 Å². The Bertz CT molecular complexity index is 428. The van der Waals surface area contributed by atoms with Gasteiger partial charge in [0.1, 0.15) is 11.6 Å². The summed E-state index contributed by atoms with van der Waals surface area (Å²) in [6, 6.07) is 1.16. The molecule has 1 aromatic heterocycles. The molecule has 0 aromatic carbocycles. The average Bonchev–Trinajstić information content (AvgIpc) is 2.32. The second-order valence-corrected chi connectivity index (χ2v) is 4.56. The molecule has 2 rings (SSSR count). The van der Waals surface area contributed by atoms with Crippen molar-refractivity contribution in [1.82, 2.24) is 9.88 Å². The number of amides is 1. The van der Waals surface area contributed by atoms with E-state index in [0.717, 1.165) is 25.1 Å². The first-order chi connectivity index (χ1) is 8.08. The van der Waals surface area contributed by atoms with Crippen molar-refractivity contribution in [2.75, 3.05) is 18.8 Å². The lowest BCUT2D eigenvalue weighted by Gasteiger charge is -2.30. The van der Waals surface area contributed by atoms with Crippen LogP contribution >= 0.6 is 0 Å². The molecule has 2 heterocycles. The van der Waals surface area contributed by atoms with Crippen LogP contribution in [0.2, 0.25) is 0 Å². The maximum atomic E-state index is 13.0. The SMILES string of the molecule is CC1CCN(C(=O)c2cc(F)cnc2N)CC1. The fourth-order valence-electron chi connectivity index (χ4n) is 2.00. The minimum atomic E-state index is -0.534. The van der Waals surface area contributed by atoms with Crippen molar-refractivity contribution in [3.8, 4) is 0 Å². The fourth-order valence-corrected chi connectivity index (χ4v) is 2.00. The van der Waals surface area contributed by atoms with Crippen molar-refractivity contribution in [2.45, 2.75) is 19.8 Å². The monoisotopic (exact) mass is 237 g/mol. The summed E-state index contributed by atoms with van der Waals surface area (Å²) < 4.78 is 13.0. The minimum absolute atomic E-state index is 0.0926. The van der Waals surface area contributed by atoms with Crippen LogP contribution in [-0.4, -0.2) is 28.9 Å². The highest BCUT2D eigenvalue weighted by atomic mass is 19.1. The number of pyridine rings is 1. The molecular formula is C12H16FN3O. The molecule has 1 aliphatic heterocycles. The molecule has 0 radical (unpaired) electrons. The molecule has 4 nitrogen and oxygen atoms in total. The first-order valence-corrected chi connectivity index (χ1v) is 5.78. The third kappa shape index (κ3) is 2.54. The Morgan fingerprint density at radius 2 is 2.18 bits per heavy atom. The first kappa shape index (κ1) is 11.8. The summed E-state index contributed by atoms with van der Waals surface area (Å²) in [5.74, 6) is -0.0219. The van der Waals surface area contributed by atoms with Gasteiger partial charge in [0.15, 0.2) is 0 Å². The summed E-state index contributed by atoms with van der Waals surface area (Å²) in [6.45, 7) is 3.58. The molecule has 1 aliphatic rings. The molecule has 2 N–H and O–H groups in total. The van der Waals surface area contributed by atoms with Gasteiger partial charge in [-0.05, 0) is 24.8 Å². The number of likely N-dealkylation sites (tertiary alicyclic amines) is 1. The van der Waals surface area contributed by atoms with E-state index < -0.39 is 5.82 Å². The Kier molecular flexibility index (Phi) is 3.26. The van der Waals surface area contributed by atoms with Crippen LogP contribution in [0.1, 0.15) is 30.1 Å². The normalized spacial score (nSPS) is 17.2. The van der Waals surface area contributed by atoms with Crippen molar-refractivity contribution < 1.29 is 9.18 Å². The second-order valence-electron chi connectivity index (χ2n) is 4.56. The van der Waals surface area contributed by atoms with Gasteiger partial charge in [-0.1, -0.05) is 6.92 Å². The van der Waals surface area contributed by atoms with Crippen molar-refractivity contribution in [3.05, 3.63) is 23.6 Å². The lowest BCUT2D eigenvalue weighted by atomic mass is 9.99. The van der Waals surface area contributed by atoms with E-state index in [1.807, 2.05) is 0 Å². The van der Waals surface area contributed by atoms with E-state index >= 15 is 0 Å². The van der Waals surface area contributed by atoms with Crippen LogP contribution in [0.5, 0.6) is 0 Å².